The van der Waals surface area contributed by atoms with Crippen LogP contribution in [0.3, 0.4) is 0 Å². The lowest BCUT2D eigenvalue weighted by atomic mass is 10.2. The molecule has 1 aromatic carbocycles. The van der Waals surface area contributed by atoms with Gasteiger partial charge in [0, 0.05) is 11.2 Å². The number of esters is 1. The fourth-order valence-corrected chi connectivity index (χ4v) is 2.05. The van der Waals surface area contributed by atoms with Crippen molar-refractivity contribution in [2.45, 2.75) is 20.0 Å². The van der Waals surface area contributed by atoms with Crippen LogP contribution < -0.4 is 4.74 Å². The monoisotopic (exact) mass is 321 g/mol. The van der Waals surface area contributed by atoms with Crippen molar-refractivity contribution < 1.29 is 19.1 Å². The normalized spacial score (nSPS) is 11.8. The van der Waals surface area contributed by atoms with Gasteiger partial charge >= 0.3 is 5.97 Å². The molecule has 1 atom stereocenters. The number of benzene rings is 1. The molecule has 6 heteroatoms. The zero-order valence-corrected chi connectivity index (χ0v) is 13.0. The predicted octanol–water partition coefficient (Wildman–Crippen LogP) is 3.17. The molecule has 116 valence electrons. The van der Waals surface area contributed by atoms with Crippen molar-refractivity contribution in [3.63, 3.8) is 0 Å². The third-order valence-electron chi connectivity index (χ3n) is 3.02. The highest BCUT2D eigenvalue weighted by Crippen LogP contribution is 2.23. The van der Waals surface area contributed by atoms with Crippen LogP contribution in [0.4, 0.5) is 0 Å². The van der Waals surface area contributed by atoms with E-state index in [1.165, 1.54) is 0 Å². The average Bonchev–Trinajstić information content (AvgIpc) is 3.01. The lowest BCUT2D eigenvalue weighted by Crippen LogP contribution is -2.28. The molecular weight excluding hydrogens is 306 g/mol. The molecule has 0 saturated heterocycles. The summed E-state index contributed by atoms with van der Waals surface area (Å²) in [5, 5.41) is 0.594. The molecule has 0 aliphatic carbocycles. The van der Waals surface area contributed by atoms with Gasteiger partial charge in [0.1, 0.15) is 5.75 Å². The Labute approximate surface area is 133 Å². The molecule has 2 rings (SSSR count). The van der Waals surface area contributed by atoms with Gasteiger partial charge in [-0.25, -0.2) is 4.79 Å². The van der Waals surface area contributed by atoms with Crippen molar-refractivity contribution in [2.24, 2.45) is 0 Å². The van der Waals surface area contributed by atoms with Crippen molar-refractivity contribution in [1.82, 2.24) is 4.98 Å². The molecule has 0 bridgehead atoms. The summed E-state index contributed by atoms with van der Waals surface area (Å²) in [6.45, 7) is 3.07. The highest BCUT2D eigenvalue weighted by molar-refractivity contribution is 6.30. The number of hydrogen-bond donors (Lipinski definition) is 1. The number of hydrogen-bond acceptors (Lipinski definition) is 4. The second kappa shape index (κ2) is 7.13. The summed E-state index contributed by atoms with van der Waals surface area (Å²) < 4.78 is 10.5. The fraction of sp³-hybridized carbons (Fsp3) is 0.250. The topological polar surface area (TPSA) is 68.4 Å². The molecule has 1 aromatic heterocycles. The first-order chi connectivity index (χ1) is 10.5. The van der Waals surface area contributed by atoms with Crippen molar-refractivity contribution in [2.75, 3.05) is 6.61 Å². The first-order valence-electron chi connectivity index (χ1n) is 6.73. The van der Waals surface area contributed by atoms with Gasteiger partial charge in [-0.05, 0) is 49.7 Å². The van der Waals surface area contributed by atoms with Crippen LogP contribution in [0.15, 0.2) is 36.5 Å². The van der Waals surface area contributed by atoms with Crippen LogP contribution in [0.1, 0.15) is 23.0 Å². The Morgan fingerprint density at radius 3 is 2.73 bits per heavy atom. The number of ether oxygens (including phenoxy) is 2. The molecule has 22 heavy (non-hydrogen) atoms. The van der Waals surface area contributed by atoms with Gasteiger partial charge in [0.25, 0.3) is 0 Å². The highest BCUT2D eigenvalue weighted by Gasteiger charge is 2.19. The Bertz CT molecular complexity index is 667. The van der Waals surface area contributed by atoms with E-state index in [1.54, 1.807) is 43.5 Å². The van der Waals surface area contributed by atoms with Crippen LogP contribution in [0.25, 0.3) is 0 Å². The Kier molecular flexibility index (Phi) is 5.22. The summed E-state index contributed by atoms with van der Waals surface area (Å²) in [5.41, 5.74) is 1.21. The van der Waals surface area contributed by atoms with E-state index in [4.69, 9.17) is 21.1 Å². The van der Waals surface area contributed by atoms with E-state index in [-0.39, 0.29) is 12.4 Å². The number of carbonyl (C=O) groups is 2. The SMILES string of the molecule is Cc1cc(Cl)ccc1O[C@H](C)C(=O)OCC(=O)c1ccc[nH]1. The summed E-state index contributed by atoms with van der Waals surface area (Å²) in [7, 11) is 0. The standard InChI is InChI=1S/C16H16ClNO4/c1-10-8-12(17)5-6-15(10)22-11(2)16(20)21-9-14(19)13-4-3-7-18-13/h3-8,11,18H,9H2,1-2H3/t11-/m1/s1. The number of aromatic nitrogens is 1. The maximum Gasteiger partial charge on any atom is 0.347 e. The molecule has 0 fully saturated rings. The number of halogens is 1. The van der Waals surface area contributed by atoms with Crippen LogP contribution >= 0.6 is 11.6 Å². The van der Waals surface area contributed by atoms with Gasteiger partial charge in [-0.2, -0.15) is 0 Å². The lowest BCUT2D eigenvalue weighted by molar-refractivity contribution is -0.149. The van der Waals surface area contributed by atoms with Gasteiger partial charge in [-0.1, -0.05) is 11.6 Å². The van der Waals surface area contributed by atoms with Crippen molar-refractivity contribution >= 4 is 23.4 Å². The minimum Gasteiger partial charge on any atom is -0.479 e. The lowest BCUT2D eigenvalue weighted by Gasteiger charge is -2.15. The molecule has 1 N–H and O–H groups in total. The molecule has 5 nitrogen and oxygen atoms in total. The van der Waals surface area contributed by atoms with Crippen LogP contribution in [-0.4, -0.2) is 29.4 Å². The number of nitrogens with one attached hydrogen (secondary N) is 1. The Morgan fingerprint density at radius 1 is 1.32 bits per heavy atom. The van der Waals surface area contributed by atoms with E-state index < -0.39 is 12.1 Å². The number of aromatic amines is 1. The maximum atomic E-state index is 11.9. The second-order valence-corrected chi connectivity index (χ2v) is 5.22. The first-order valence-corrected chi connectivity index (χ1v) is 7.11. The third-order valence-corrected chi connectivity index (χ3v) is 3.25. The summed E-state index contributed by atoms with van der Waals surface area (Å²) in [4.78, 5) is 26.3. The van der Waals surface area contributed by atoms with E-state index in [2.05, 4.69) is 4.98 Å². The van der Waals surface area contributed by atoms with Crippen molar-refractivity contribution in [3.05, 3.63) is 52.8 Å². The van der Waals surface area contributed by atoms with Gasteiger partial charge in [-0.15, -0.1) is 0 Å². The van der Waals surface area contributed by atoms with Gasteiger partial charge in [0.2, 0.25) is 5.78 Å². The van der Waals surface area contributed by atoms with E-state index in [1.807, 2.05) is 6.92 Å². The summed E-state index contributed by atoms with van der Waals surface area (Å²) in [6.07, 6.45) is 0.806. The molecule has 0 unspecified atom stereocenters. The van der Waals surface area contributed by atoms with E-state index in [0.29, 0.717) is 16.5 Å². The second-order valence-electron chi connectivity index (χ2n) is 4.78. The summed E-state index contributed by atoms with van der Waals surface area (Å²) in [6, 6.07) is 8.42. The number of carbonyl (C=O) groups excluding carboxylic acids is 2. The Morgan fingerprint density at radius 2 is 2.09 bits per heavy atom. The van der Waals surface area contributed by atoms with Crippen molar-refractivity contribution in [1.29, 1.82) is 0 Å². The molecule has 1 heterocycles. The maximum absolute atomic E-state index is 11.9. The van der Waals surface area contributed by atoms with Crippen LogP contribution in [0.5, 0.6) is 5.75 Å². The summed E-state index contributed by atoms with van der Waals surface area (Å²) >= 11 is 5.86. The van der Waals surface area contributed by atoms with E-state index in [9.17, 15) is 9.59 Å². The number of rotatable bonds is 6. The number of Topliss-reactive ketones (excluding diaryl/α,β-unsaturated/α-hetero) is 1. The average molecular weight is 322 g/mol. The fourth-order valence-electron chi connectivity index (χ4n) is 1.82. The molecule has 0 radical (unpaired) electrons. The quantitative estimate of drug-likeness (QED) is 0.655. The van der Waals surface area contributed by atoms with Crippen LogP contribution in [0.2, 0.25) is 5.02 Å². The largest absolute Gasteiger partial charge is 0.479 e. The van der Waals surface area contributed by atoms with Gasteiger partial charge in [-0.3, -0.25) is 4.79 Å². The zero-order chi connectivity index (χ0) is 16.1. The zero-order valence-electron chi connectivity index (χ0n) is 12.3. The first kappa shape index (κ1) is 16.1. The summed E-state index contributed by atoms with van der Waals surface area (Å²) in [5.74, 6) is -0.355. The molecule has 0 saturated carbocycles. The van der Waals surface area contributed by atoms with Crippen LogP contribution in [-0.2, 0) is 9.53 Å². The number of ketones is 1. The molecular formula is C16H16ClNO4. The molecule has 2 aromatic rings. The third kappa shape index (κ3) is 4.11. The minimum atomic E-state index is -0.823. The minimum absolute atomic E-state index is 0.298. The smallest absolute Gasteiger partial charge is 0.347 e. The number of aryl methyl sites for hydroxylation is 1. The van der Waals surface area contributed by atoms with E-state index in [0.717, 1.165) is 5.56 Å². The molecule has 0 aliphatic heterocycles. The van der Waals surface area contributed by atoms with Gasteiger partial charge in [0.05, 0.1) is 5.69 Å². The Hall–Kier alpha value is -2.27. The molecule has 0 amide bonds. The molecule has 0 spiro atoms. The molecule has 0 aliphatic rings. The van der Waals surface area contributed by atoms with Crippen LogP contribution in [0, 0.1) is 6.92 Å². The Balaban J connectivity index is 1.88. The van der Waals surface area contributed by atoms with Crippen molar-refractivity contribution in [3.8, 4) is 5.75 Å². The predicted molar refractivity (Wildman–Crippen MR) is 82.4 cm³/mol. The van der Waals surface area contributed by atoms with E-state index >= 15 is 0 Å². The number of H-pyrrole nitrogens is 1. The highest BCUT2D eigenvalue weighted by atomic mass is 35.5. The van der Waals surface area contributed by atoms with Gasteiger partial charge < -0.3 is 14.5 Å². The van der Waals surface area contributed by atoms with Gasteiger partial charge in [0.15, 0.2) is 12.7 Å².